The quantitative estimate of drug-likeness (QED) is 0.0756. The standard InChI is InChI=1S/C47H58N8O8/c1-10-30-25-33-34(47(8,9)41-39(40(33)57)32-18-17-29(27-48)24-36(32)50-41)26-37(30)52-20-22-53(23-21-52)38(56)16-12-11-14-31-28-54(43(49-31)55(60)61)19-13-15-35(42(58)62-45(2,3)4)51-44(59)63-46(5,6)7/h11,14,17-18,24-26,28,35,50H,10,12-13,15-16,19-23H2,1-9H3,(H,51,59)/b14-11+/t35-/m0/s1. The average Bonchev–Trinajstić information content (AvgIpc) is 3.81. The van der Waals surface area contributed by atoms with Gasteiger partial charge in [-0.25, -0.2) is 14.2 Å². The Morgan fingerprint density at radius 1 is 1.06 bits per heavy atom. The number of ketones is 1. The third-order valence-corrected chi connectivity index (χ3v) is 11.3. The lowest BCUT2D eigenvalue weighted by Gasteiger charge is -2.39. The molecule has 2 amide bonds. The number of hydrogen-bond acceptors (Lipinski definition) is 11. The van der Waals surface area contributed by atoms with Crippen molar-refractivity contribution in [2.24, 2.45) is 0 Å². The van der Waals surface area contributed by atoms with Crippen LogP contribution in [0.1, 0.15) is 132 Å². The molecule has 2 N–H and O–H groups in total. The molecule has 334 valence electrons. The summed E-state index contributed by atoms with van der Waals surface area (Å²) in [5.74, 6) is -1.02. The lowest BCUT2D eigenvalue weighted by Crippen LogP contribution is -2.49. The number of nitrogens with one attached hydrogen (secondary N) is 2. The van der Waals surface area contributed by atoms with Gasteiger partial charge in [0.25, 0.3) is 0 Å². The van der Waals surface area contributed by atoms with E-state index in [0.29, 0.717) is 55.0 Å². The van der Waals surface area contributed by atoms with E-state index in [1.807, 2.05) is 17.0 Å². The highest BCUT2D eigenvalue weighted by molar-refractivity contribution is 6.20. The van der Waals surface area contributed by atoms with Gasteiger partial charge in [0.15, 0.2) is 11.5 Å². The van der Waals surface area contributed by atoms with Gasteiger partial charge in [-0.2, -0.15) is 5.26 Å². The summed E-state index contributed by atoms with van der Waals surface area (Å²) in [7, 11) is 0. The maximum atomic E-state index is 14.1. The van der Waals surface area contributed by atoms with Gasteiger partial charge >= 0.3 is 18.0 Å². The van der Waals surface area contributed by atoms with Gasteiger partial charge < -0.3 is 39.7 Å². The average molecular weight is 863 g/mol. The predicted octanol–water partition coefficient (Wildman–Crippen LogP) is 7.73. The summed E-state index contributed by atoms with van der Waals surface area (Å²) in [5, 5.41) is 24.7. The number of nitriles is 1. The fraction of sp³-hybridized carbons (Fsp3) is 0.489. The highest BCUT2D eigenvalue weighted by Gasteiger charge is 2.41. The number of imidazole rings is 1. The molecule has 3 heterocycles. The van der Waals surface area contributed by atoms with Gasteiger partial charge in [-0.05, 0) is 114 Å². The highest BCUT2D eigenvalue weighted by atomic mass is 16.6. The fourth-order valence-corrected chi connectivity index (χ4v) is 8.28. The number of aromatic nitrogens is 3. The molecule has 1 fully saturated rings. The molecule has 16 heteroatoms. The van der Waals surface area contributed by atoms with Crippen molar-refractivity contribution in [2.75, 3.05) is 31.1 Å². The van der Waals surface area contributed by atoms with Gasteiger partial charge in [-0.1, -0.05) is 37.9 Å². The van der Waals surface area contributed by atoms with Crippen LogP contribution in [-0.2, 0) is 37.4 Å². The minimum Gasteiger partial charge on any atom is -0.458 e. The Balaban J connectivity index is 1.04. The van der Waals surface area contributed by atoms with E-state index in [1.165, 1.54) is 4.57 Å². The second-order valence-electron chi connectivity index (χ2n) is 18.7. The van der Waals surface area contributed by atoms with E-state index in [9.17, 15) is 34.6 Å². The highest BCUT2D eigenvalue weighted by Crippen LogP contribution is 2.46. The van der Waals surface area contributed by atoms with Crippen LogP contribution in [0.5, 0.6) is 0 Å². The van der Waals surface area contributed by atoms with Gasteiger partial charge in [0, 0.05) is 65.9 Å². The molecule has 6 rings (SSSR count). The minimum atomic E-state index is -1.03. The first-order chi connectivity index (χ1) is 29.6. The van der Waals surface area contributed by atoms with Crippen molar-refractivity contribution in [3.8, 4) is 6.07 Å². The molecule has 2 aromatic heterocycles. The van der Waals surface area contributed by atoms with Crippen LogP contribution in [0, 0.1) is 21.4 Å². The van der Waals surface area contributed by atoms with E-state index in [4.69, 9.17) is 9.47 Å². The Labute approximate surface area is 367 Å². The number of nitro groups is 1. The molecule has 63 heavy (non-hydrogen) atoms. The monoisotopic (exact) mass is 862 g/mol. The lowest BCUT2D eigenvalue weighted by molar-refractivity contribution is -0.396. The molecule has 0 bridgehead atoms. The molecule has 0 saturated carbocycles. The van der Waals surface area contributed by atoms with Gasteiger partial charge in [0.05, 0.1) is 23.7 Å². The largest absolute Gasteiger partial charge is 0.458 e. The summed E-state index contributed by atoms with van der Waals surface area (Å²) in [6.45, 7) is 19.1. The number of carbonyl (C=O) groups excluding carboxylic acids is 4. The fourth-order valence-electron chi connectivity index (χ4n) is 8.28. The molecular weight excluding hydrogens is 805 g/mol. The number of H-pyrrole nitrogens is 1. The number of amides is 2. The van der Waals surface area contributed by atoms with Crippen LogP contribution in [0.3, 0.4) is 0 Å². The smallest absolute Gasteiger partial charge is 0.435 e. The minimum absolute atomic E-state index is 0.00845. The molecule has 2 aromatic carbocycles. The predicted molar refractivity (Wildman–Crippen MR) is 239 cm³/mol. The van der Waals surface area contributed by atoms with E-state index < -0.39 is 39.6 Å². The van der Waals surface area contributed by atoms with Crippen LogP contribution < -0.4 is 10.2 Å². The lowest BCUT2D eigenvalue weighted by atomic mass is 9.70. The number of esters is 1. The zero-order chi connectivity index (χ0) is 46.0. The number of piperazine rings is 1. The number of aryl methyl sites for hydroxylation is 2. The topological polar surface area (TPSA) is 206 Å². The Kier molecular flexibility index (Phi) is 13.2. The Morgan fingerprint density at radius 3 is 2.40 bits per heavy atom. The van der Waals surface area contributed by atoms with Gasteiger partial charge in [0.2, 0.25) is 5.91 Å². The van der Waals surface area contributed by atoms with E-state index in [0.717, 1.165) is 39.8 Å². The number of hydrogen-bond donors (Lipinski definition) is 2. The summed E-state index contributed by atoms with van der Waals surface area (Å²) in [4.78, 5) is 76.0. The molecule has 16 nitrogen and oxygen atoms in total. The SMILES string of the molecule is CCc1cc2c(cc1N1CCN(C(=O)CC/C=C/c3cn(CCC[C@H](NC(=O)OC(C)(C)C)C(=O)OC(C)(C)C)c([N+](=O)[O-])n3)CC1)C(C)(C)c1[nH]c3cc(C#N)ccc3c1C2=O. The Bertz CT molecular complexity index is 2500. The zero-order valence-electron chi connectivity index (χ0n) is 37.7. The van der Waals surface area contributed by atoms with Crippen molar-refractivity contribution < 1.29 is 33.6 Å². The maximum Gasteiger partial charge on any atom is 0.435 e. The Hall–Kier alpha value is -6.50. The molecule has 1 saturated heterocycles. The first kappa shape index (κ1) is 46.0. The Morgan fingerprint density at radius 2 is 1.76 bits per heavy atom. The number of anilines is 1. The number of ether oxygens (including phenoxy) is 2. The van der Waals surface area contributed by atoms with Crippen LogP contribution in [0.4, 0.5) is 16.4 Å². The number of nitrogens with zero attached hydrogens (tertiary/aromatic N) is 6. The molecule has 1 aliphatic carbocycles. The molecule has 0 unspecified atom stereocenters. The van der Waals surface area contributed by atoms with Crippen molar-refractivity contribution in [2.45, 2.75) is 124 Å². The van der Waals surface area contributed by atoms with Crippen LogP contribution in [-0.4, -0.2) is 91.5 Å². The first-order valence-electron chi connectivity index (χ1n) is 21.5. The molecule has 0 spiro atoms. The molecule has 4 aromatic rings. The van der Waals surface area contributed by atoms with Crippen LogP contribution in [0.2, 0.25) is 0 Å². The third kappa shape index (κ3) is 10.4. The molecule has 1 aliphatic heterocycles. The number of carbonyl (C=O) groups is 4. The van der Waals surface area contributed by atoms with Crippen molar-refractivity contribution in [3.63, 3.8) is 0 Å². The number of allylic oxidation sites excluding steroid dienone is 1. The molecular formula is C47H58N8O8. The van der Waals surface area contributed by atoms with E-state index in [2.05, 4.69) is 53.1 Å². The van der Waals surface area contributed by atoms with Crippen LogP contribution in [0.15, 0.2) is 42.6 Å². The number of fused-ring (bicyclic) bond motifs is 4. The zero-order valence-corrected chi connectivity index (χ0v) is 37.7. The second kappa shape index (κ2) is 18.1. The van der Waals surface area contributed by atoms with Gasteiger partial charge in [-0.15, -0.1) is 0 Å². The number of aromatic amines is 1. The van der Waals surface area contributed by atoms with Crippen molar-refractivity contribution in [3.05, 3.63) is 91.9 Å². The van der Waals surface area contributed by atoms with Gasteiger partial charge in [0.1, 0.15) is 23.4 Å². The second-order valence-corrected chi connectivity index (χ2v) is 18.7. The van der Waals surface area contributed by atoms with Crippen molar-refractivity contribution in [1.82, 2.24) is 24.8 Å². The van der Waals surface area contributed by atoms with Crippen molar-refractivity contribution in [1.29, 1.82) is 5.26 Å². The molecule has 0 radical (unpaired) electrons. The molecule has 1 atom stereocenters. The number of alkyl carbamates (subject to hydrolysis) is 1. The van der Waals surface area contributed by atoms with Crippen LogP contribution >= 0.6 is 0 Å². The van der Waals surface area contributed by atoms with E-state index >= 15 is 0 Å². The third-order valence-electron chi connectivity index (χ3n) is 11.3. The summed E-state index contributed by atoms with van der Waals surface area (Å²) in [5.41, 5.74) is 4.85. The molecule has 2 aliphatic rings. The number of benzene rings is 2. The normalized spacial score (nSPS) is 15.5. The summed E-state index contributed by atoms with van der Waals surface area (Å²) < 4.78 is 12.2. The summed E-state index contributed by atoms with van der Waals surface area (Å²) in [6.07, 6.45) is 6.02. The summed E-state index contributed by atoms with van der Waals surface area (Å²) >= 11 is 0. The van der Waals surface area contributed by atoms with E-state index in [-0.39, 0.29) is 43.4 Å². The van der Waals surface area contributed by atoms with E-state index in [1.54, 1.807) is 72.0 Å². The maximum absolute atomic E-state index is 14.1. The van der Waals surface area contributed by atoms with Crippen molar-refractivity contribution >= 4 is 52.4 Å². The van der Waals surface area contributed by atoms with Gasteiger partial charge in [-0.3, -0.25) is 9.59 Å². The first-order valence-corrected chi connectivity index (χ1v) is 21.5. The number of rotatable bonds is 13. The van der Waals surface area contributed by atoms with Crippen LogP contribution in [0.25, 0.3) is 17.0 Å². The summed E-state index contributed by atoms with van der Waals surface area (Å²) in [6, 6.07) is 10.7.